The molecule has 0 radical (unpaired) electrons. The van der Waals surface area contributed by atoms with Crippen LogP contribution in [0.25, 0.3) is 11.4 Å². The average Bonchev–Trinajstić information content (AvgIpc) is 3.81. The number of piperidine rings is 1. The van der Waals surface area contributed by atoms with E-state index in [1.807, 2.05) is 75.4 Å². The number of aromatic nitrogens is 4. The molecule has 0 saturated carbocycles. The van der Waals surface area contributed by atoms with Gasteiger partial charge >= 0.3 is 12.1 Å². The van der Waals surface area contributed by atoms with Crippen LogP contribution < -0.4 is 15.4 Å². The number of nitrogens with one attached hydrogen (secondary N) is 3. The molecule has 16 nitrogen and oxygen atoms in total. The maximum Gasteiger partial charge on any atom is 0.410 e. The van der Waals surface area contributed by atoms with Crippen LogP contribution in [0.15, 0.2) is 73.1 Å². The molecular formula is C48H67N7O9. The maximum absolute atomic E-state index is 13.4. The van der Waals surface area contributed by atoms with Crippen molar-refractivity contribution in [3.63, 3.8) is 0 Å². The van der Waals surface area contributed by atoms with Crippen molar-refractivity contribution in [1.82, 2.24) is 30.4 Å². The number of likely N-dealkylation sites (tertiary alicyclic amines) is 1. The number of nitrogens with zero attached hydrogens (tertiary/aromatic N) is 4. The van der Waals surface area contributed by atoms with E-state index < -0.39 is 11.1 Å². The Labute approximate surface area is 377 Å². The number of carbonyl (C=O) groups excluding carboxylic acids is 3. The number of esters is 1. The fraction of sp³-hybridized carbons (Fsp3) is 0.542. The summed E-state index contributed by atoms with van der Waals surface area (Å²) in [5.74, 6) is 1.69. The quantitative estimate of drug-likeness (QED) is 0.0388. The third-order valence-corrected chi connectivity index (χ3v) is 10.6. The number of methoxy groups -OCH3 is 1. The Bertz CT molecular complexity index is 1980. The first kappa shape index (κ1) is 49.4. The third kappa shape index (κ3) is 17.2. The standard InChI is InChI=1S/C48H67N7O9/c1-47(2,3)64-46(58)55-26-22-48(23-27-55,45-51-43(53-54-45)38-20-24-49-25-21-38)52-40-14-12-13-39(35-40)44(57)50-36-37-16-18-41(19-17-37)63-30-11-6-5-9-28-60-31-33-62-34-32-61-29-10-7-8-15-42(56)59-4/h12-14,16-21,24-25,35,52H,5-11,15,22-23,26-34,36H2,1-4H3,(H,50,57)(H,51,53,54). The number of hydrogen-bond acceptors (Lipinski definition) is 13. The third-order valence-electron chi connectivity index (χ3n) is 10.6. The molecule has 2 aromatic carbocycles. The summed E-state index contributed by atoms with van der Waals surface area (Å²) < 4.78 is 33.0. The number of ether oxygens (including phenoxy) is 6. The Morgan fingerprint density at radius 1 is 0.766 bits per heavy atom. The second-order valence-electron chi connectivity index (χ2n) is 16.8. The smallest absolute Gasteiger partial charge is 0.410 e. The van der Waals surface area contributed by atoms with Gasteiger partial charge in [-0.25, -0.2) is 4.79 Å². The van der Waals surface area contributed by atoms with E-state index in [-0.39, 0.29) is 18.0 Å². The lowest BCUT2D eigenvalue weighted by molar-refractivity contribution is -0.140. The number of rotatable bonds is 27. The number of pyridine rings is 1. The first-order chi connectivity index (χ1) is 31.0. The lowest BCUT2D eigenvalue weighted by atomic mass is 9.86. The monoisotopic (exact) mass is 886 g/mol. The minimum atomic E-state index is -0.699. The van der Waals surface area contributed by atoms with Crippen LogP contribution in [0.1, 0.15) is 107 Å². The highest BCUT2D eigenvalue weighted by Gasteiger charge is 2.41. The van der Waals surface area contributed by atoms with Crippen LogP contribution in [0.4, 0.5) is 10.5 Å². The topological polar surface area (TPSA) is 188 Å². The van der Waals surface area contributed by atoms with Gasteiger partial charge in [0, 0.05) is 68.5 Å². The van der Waals surface area contributed by atoms with Crippen LogP contribution in [-0.2, 0) is 40.6 Å². The molecule has 348 valence electrons. The van der Waals surface area contributed by atoms with Crippen molar-refractivity contribution in [3.8, 4) is 17.1 Å². The van der Waals surface area contributed by atoms with Crippen molar-refractivity contribution in [3.05, 3.63) is 90.0 Å². The minimum Gasteiger partial charge on any atom is -0.494 e. The van der Waals surface area contributed by atoms with Gasteiger partial charge in [-0.1, -0.05) is 31.0 Å². The van der Waals surface area contributed by atoms with Crippen LogP contribution in [0, 0.1) is 0 Å². The van der Waals surface area contributed by atoms with Crippen LogP contribution in [-0.4, -0.2) is 115 Å². The van der Waals surface area contributed by atoms with Gasteiger partial charge in [0.2, 0.25) is 0 Å². The predicted octanol–water partition coefficient (Wildman–Crippen LogP) is 7.86. The fourth-order valence-corrected chi connectivity index (χ4v) is 7.08. The summed E-state index contributed by atoms with van der Waals surface area (Å²) in [6, 6.07) is 18.9. The second kappa shape index (κ2) is 26.3. The van der Waals surface area contributed by atoms with E-state index in [1.165, 1.54) is 7.11 Å². The Morgan fingerprint density at radius 2 is 1.41 bits per heavy atom. The van der Waals surface area contributed by atoms with Crippen molar-refractivity contribution < 1.29 is 42.8 Å². The van der Waals surface area contributed by atoms with E-state index >= 15 is 0 Å². The summed E-state index contributed by atoms with van der Waals surface area (Å²) in [6.07, 6.45) is 11.4. The molecule has 0 aliphatic carbocycles. The molecule has 3 heterocycles. The summed E-state index contributed by atoms with van der Waals surface area (Å²) in [6.45, 7) is 11.1. The van der Waals surface area contributed by atoms with E-state index in [0.29, 0.717) is 102 Å². The number of aromatic amines is 1. The molecule has 0 unspecified atom stereocenters. The number of anilines is 1. The van der Waals surface area contributed by atoms with E-state index in [9.17, 15) is 14.4 Å². The van der Waals surface area contributed by atoms with Gasteiger partial charge in [0.15, 0.2) is 11.6 Å². The molecule has 0 bridgehead atoms. The SMILES string of the molecule is COC(=O)CCCCCOCCOCCOCCCCCCOc1ccc(CNC(=O)c2cccc(NC3(c4nnc(-c5ccncc5)[nH]4)CCN(C(=O)OC(C)(C)C)CC3)c2)cc1. The first-order valence-electron chi connectivity index (χ1n) is 22.5. The molecule has 1 fully saturated rings. The highest BCUT2D eigenvalue weighted by Crippen LogP contribution is 2.36. The van der Waals surface area contributed by atoms with Crippen molar-refractivity contribution >= 4 is 23.7 Å². The van der Waals surface area contributed by atoms with Crippen LogP contribution in [0.3, 0.4) is 0 Å². The van der Waals surface area contributed by atoms with E-state index in [2.05, 4.69) is 35.5 Å². The van der Waals surface area contributed by atoms with E-state index in [1.54, 1.807) is 23.4 Å². The first-order valence-corrected chi connectivity index (χ1v) is 22.5. The molecule has 2 amide bonds. The zero-order valence-corrected chi connectivity index (χ0v) is 38.0. The number of unbranched alkanes of at least 4 members (excludes halogenated alkanes) is 5. The summed E-state index contributed by atoms with van der Waals surface area (Å²) >= 11 is 0. The lowest BCUT2D eigenvalue weighted by Gasteiger charge is -2.41. The molecule has 0 atom stereocenters. The molecule has 1 saturated heterocycles. The maximum atomic E-state index is 13.4. The zero-order valence-electron chi connectivity index (χ0n) is 38.0. The summed E-state index contributed by atoms with van der Waals surface area (Å²) in [5, 5.41) is 15.7. The van der Waals surface area contributed by atoms with Gasteiger partial charge in [0.25, 0.3) is 5.91 Å². The lowest BCUT2D eigenvalue weighted by Crippen LogP contribution is -2.50. The molecular weight excluding hydrogens is 819 g/mol. The highest BCUT2D eigenvalue weighted by atomic mass is 16.6. The number of benzene rings is 2. The summed E-state index contributed by atoms with van der Waals surface area (Å²) in [5.41, 5.74) is 1.77. The largest absolute Gasteiger partial charge is 0.494 e. The Morgan fingerprint density at radius 3 is 2.06 bits per heavy atom. The predicted molar refractivity (Wildman–Crippen MR) is 243 cm³/mol. The van der Waals surface area contributed by atoms with E-state index in [0.717, 1.165) is 67.5 Å². The fourth-order valence-electron chi connectivity index (χ4n) is 7.08. The van der Waals surface area contributed by atoms with Crippen molar-refractivity contribution in [1.29, 1.82) is 0 Å². The summed E-state index contributed by atoms with van der Waals surface area (Å²) in [4.78, 5) is 46.7. The summed E-state index contributed by atoms with van der Waals surface area (Å²) in [7, 11) is 1.41. The van der Waals surface area contributed by atoms with Gasteiger partial charge in [-0.05, 0) is 114 Å². The Hall–Kier alpha value is -5.58. The Kier molecular flexibility index (Phi) is 20.3. The number of H-pyrrole nitrogens is 1. The Balaban J connectivity index is 0.974. The minimum absolute atomic E-state index is 0.163. The number of amides is 2. The zero-order chi connectivity index (χ0) is 45.5. The molecule has 3 N–H and O–H groups in total. The molecule has 4 aromatic rings. The molecule has 16 heteroatoms. The van der Waals surface area contributed by atoms with Crippen LogP contribution in [0.5, 0.6) is 5.75 Å². The number of hydrogen-bond donors (Lipinski definition) is 3. The normalized spacial score (nSPS) is 13.6. The van der Waals surface area contributed by atoms with Gasteiger partial charge in [-0.3, -0.25) is 14.6 Å². The molecule has 5 rings (SSSR count). The van der Waals surface area contributed by atoms with Crippen LogP contribution in [0.2, 0.25) is 0 Å². The van der Waals surface area contributed by atoms with E-state index in [4.69, 9.17) is 23.7 Å². The van der Waals surface area contributed by atoms with Gasteiger partial charge in [-0.15, -0.1) is 10.2 Å². The van der Waals surface area contributed by atoms with Gasteiger partial charge in [0.05, 0.1) is 40.1 Å². The number of carbonyl (C=O) groups is 3. The average molecular weight is 886 g/mol. The van der Waals surface area contributed by atoms with Gasteiger partial charge in [0.1, 0.15) is 16.9 Å². The molecule has 64 heavy (non-hydrogen) atoms. The van der Waals surface area contributed by atoms with Crippen molar-refractivity contribution in [2.24, 2.45) is 0 Å². The molecule has 2 aromatic heterocycles. The molecule has 0 spiro atoms. The highest BCUT2D eigenvalue weighted by molar-refractivity contribution is 5.95. The van der Waals surface area contributed by atoms with Crippen molar-refractivity contribution in [2.75, 3.05) is 71.8 Å². The molecule has 1 aliphatic rings. The van der Waals surface area contributed by atoms with Crippen molar-refractivity contribution in [2.45, 2.75) is 103 Å². The second-order valence-corrected chi connectivity index (χ2v) is 16.8. The molecule has 1 aliphatic heterocycles. The van der Waals surface area contributed by atoms with Gasteiger partial charge in [-0.2, -0.15) is 0 Å². The van der Waals surface area contributed by atoms with Gasteiger partial charge < -0.3 is 48.9 Å². The van der Waals surface area contributed by atoms with Crippen LogP contribution >= 0.6 is 0 Å².